The second-order valence-corrected chi connectivity index (χ2v) is 6.59. The fraction of sp³-hybridized carbons (Fsp3) is 0.700. The summed E-state index contributed by atoms with van der Waals surface area (Å²) in [4.78, 5) is 22.7. The Bertz CT molecular complexity index is 415. The number of ether oxygens (including phenoxy) is 2. The van der Waals surface area contributed by atoms with Gasteiger partial charge >= 0.3 is 11.9 Å². The predicted molar refractivity (Wildman–Crippen MR) is 104 cm³/mol. The van der Waals surface area contributed by atoms with Gasteiger partial charge in [-0.25, -0.2) is 9.59 Å². The first kappa shape index (κ1) is 27.5. The average molecular weight is 389 g/mol. The topological polar surface area (TPSA) is 113 Å². The summed E-state index contributed by atoms with van der Waals surface area (Å²) in [7, 11) is 0. The number of hydrogen-bond acceptors (Lipinski definition) is 7. The van der Waals surface area contributed by atoms with Crippen LogP contribution in [0.3, 0.4) is 0 Å². The Kier molecular flexibility index (Phi) is 16.8. The zero-order chi connectivity index (χ0) is 21.3. The van der Waals surface area contributed by atoms with Gasteiger partial charge in [0, 0.05) is 24.4 Å². The van der Waals surface area contributed by atoms with E-state index in [0.29, 0.717) is 6.42 Å². The predicted octanol–water partition coefficient (Wildman–Crippen LogP) is 2.15. The molecule has 0 saturated carbocycles. The van der Waals surface area contributed by atoms with Gasteiger partial charge in [-0.3, -0.25) is 0 Å². The van der Waals surface area contributed by atoms with Crippen molar-refractivity contribution in [2.45, 2.75) is 52.9 Å². The summed E-state index contributed by atoms with van der Waals surface area (Å²) in [5.74, 6) is -1.06. The summed E-state index contributed by atoms with van der Waals surface area (Å²) in [6.45, 7) is 12.1. The van der Waals surface area contributed by atoms with Crippen molar-refractivity contribution >= 4 is 11.9 Å². The third-order valence-electron chi connectivity index (χ3n) is 3.87. The van der Waals surface area contributed by atoms with Crippen LogP contribution in [0.2, 0.25) is 0 Å². The van der Waals surface area contributed by atoms with Crippen molar-refractivity contribution < 1.29 is 34.4 Å². The van der Waals surface area contributed by atoms with Gasteiger partial charge < -0.3 is 24.8 Å². The van der Waals surface area contributed by atoms with E-state index in [2.05, 4.69) is 13.2 Å². The number of hydrogen-bond donors (Lipinski definition) is 3. The maximum Gasteiger partial charge on any atom is 0.333 e. The number of carbonyl (C=O) groups is 2. The van der Waals surface area contributed by atoms with Gasteiger partial charge in [-0.15, -0.1) is 0 Å². The number of esters is 2. The highest BCUT2D eigenvalue weighted by atomic mass is 16.5. The molecular weight excluding hydrogens is 352 g/mol. The molecule has 0 fully saturated rings. The van der Waals surface area contributed by atoms with Crippen molar-refractivity contribution in [3.05, 3.63) is 24.3 Å². The molecule has 27 heavy (non-hydrogen) atoms. The molecule has 7 heteroatoms. The van der Waals surface area contributed by atoms with E-state index >= 15 is 0 Å². The SMILES string of the molecule is C=C(C)C(=O)OCC(CC)(CO)COC(=O)C(=C)C.OCCCCCCO. The zero-order valence-electron chi connectivity index (χ0n) is 17.0. The van der Waals surface area contributed by atoms with Crippen LogP contribution in [-0.4, -0.2) is 60.3 Å². The number of rotatable bonds is 13. The number of carbonyl (C=O) groups excluding carboxylic acids is 2. The fourth-order valence-electron chi connectivity index (χ4n) is 1.71. The highest BCUT2D eigenvalue weighted by Gasteiger charge is 2.31. The Labute approximate surface area is 162 Å². The van der Waals surface area contributed by atoms with Gasteiger partial charge in [-0.2, -0.15) is 0 Å². The lowest BCUT2D eigenvalue weighted by Crippen LogP contribution is -2.37. The Hall–Kier alpha value is -1.70. The first-order valence-electron chi connectivity index (χ1n) is 9.17. The lowest BCUT2D eigenvalue weighted by atomic mass is 9.88. The molecule has 0 aliphatic rings. The van der Waals surface area contributed by atoms with Gasteiger partial charge in [0.05, 0.1) is 12.0 Å². The van der Waals surface area contributed by atoms with Crippen molar-refractivity contribution in [2.75, 3.05) is 33.0 Å². The minimum atomic E-state index is -0.795. The largest absolute Gasteiger partial charge is 0.462 e. The molecule has 0 atom stereocenters. The summed E-state index contributed by atoms with van der Waals surface area (Å²) in [6.07, 6.45) is 4.32. The molecule has 0 aliphatic heterocycles. The Balaban J connectivity index is 0. The molecule has 0 radical (unpaired) electrons. The van der Waals surface area contributed by atoms with Gasteiger partial charge in [0.15, 0.2) is 0 Å². The lowest BCUT2D eigenvalue weighted by molar-refractivity contribution is -0.151. The molecule has 0 saturated heterocycles. The Morgan fingerprint density at radius 2 is 1.19 bits per heavy atom. The third-order valence-corrected chi connectivity index (χ3v) is 3.87. The second kappa shape index (κ2) is 16.5. The standard InChI is InChI=1S/C14H22O5.C6H14O2/c1-6-14(7-15,8-18-12(16)10(2)3)9-19-13(17)11(4)5;7-5-3-1-2-4-6-8/h15H,2,4,6-9H2,1,3,5H3;7-8H,1-6H2. The Morgan fingerprint density at radius 3 is 1.41 bits per heavy atom. The minimum Gasteiger partial charge on any atom is -0.462 e. The molecule has 0 unspecified atom stereocenters. The average Bonchev–Trinajstić information content (AvgIpc) is 2.65. The number of aliphatic hydroxyl groups excluding tert-OH is 3. The molecule has 0 aromatic heterocycles. The summed E-state index contributed by atoms with van der Waals surface area (Å²) in [5, 5.41) is 26.1. The molecule has 158 valence electrons. The maximum absolute atomic E-state index is 11.3. The molecule has 0 aromatic carbocycles. The smallest absolute Gasteiger partial charge is 0.333 e. The van der Waals surface area contributed by atoms with E-state index in [-0.39, 0.29) is 44.2 Å². The van der Waals surface area contributed by atoms with E-state index in [1.54, 1.807) is 0 Å². The molecule has 0 aromatic rings. The molecule has 0 bridgehead atoms. The first-order chi connectivity index (χ1) is 12.7. The normalized spacial score (nSPS) is 10.4. The fourth-order valence-corrected chi connectivity index (χ4v) is 1.71. The first-order valence-corrected chi connectivity index (χ1v) is 9.17. The van der Waals surface area contributed by atoms with Crippen LogP contribution in [0, 0.1) is 5.41 Å². The van der Waals surface area contributed by atoms with Crippen LogP contribution in [-0.2, 0) is 19.1 Å². The van der Waals surface area contributed by atoms with Gasteiger partial charge in [0.1, 0.15) is 13.2 Å². The van der Waals surface area contributed by atoms with E-state index in [9.17, 15) is 14.7 Å². The van der Waals surface area contributed by atoms with Crippen molar-refractivity contribution in [1.82, 2.24) is 0 Å². The van der Waals surface area contributed by atoms with Crippen LogP contribution >= 0.6 is 0 Å². The van der Waals surface area contributed by atoms with Crippen LogP contribution in [0.15, 0.2) is 24.3 Å². The van der Waals surface area contributed by atoms with Crippen LogP contribution in [0.25, 0.3) is 0 Å². The summed E-state index contributed by atoms with van der Waals surface area (Å²) >= 11 is 0. The second-order valence-electron chi connectivity index (χ2n) is 6.59. The minimum absolute atomic E-state index is 0.0326. The molecule has 0 spiro atoms. The highest BCUT2D eigenvalue weighted by Crippen LogP contribution is 2.23. The summed E-state index contributed by atoms with van der Waals surface area (Å²) in [5.41, 5.74) is -0.236. The summed E-state index contributed by atoms with van der Waals surface area (Å²) in [6, 6.07) is 0. The Morgan fingerprint density at radius 1 is 0.815 bits per heavy atom. The van der Waals surface area contributed by atoms with Crippen molar-refractivity contribution in [2.24, 2.45) is 5.41 Å². The van der Waals surface area contributed by atoms with E-state index in [1.807, 2.05) is 6.92 Å². The van der Waals surface area contributed by atoms with E-state index < -0.39 is 17.4 Å². The van der Waals surface area contributed by atoms with Crippen LogP contribution < -0.4 is 0 Å². The van der Waals surface area contributed by atoms with Crippen molar-refractivity contribution in [3.8, 4) is 0 Å². The molecule has 3 N–H and O–H groups in total. The molecule has 0 aliphatic carbocycles. The van der Waals surface area contributed by atoms with Gasteiger partial charge in [0.2, 0.25) is 0 Å². The van der Waals surface area contributed by atoms with Crippen LogP contribution in [0.1, 0.15) is 52.9 Å². The number of unbranched alkanes of at least 4 members (excludes halogenated alkanes) is 3. The lowest BCUT2D eigenvalue weighted by Gasteiger charge is -2.29. The molecule has 0 rings (SSSR count). The number of aliphatic hydroxyl groups is 3. The monoisotopic (exact) mass is 388 g/mol. The summed E-state index contributed by atoms with van der Waals surface area (Å²) < 4.78 is 10.1. The van der Waals surface area contributed by atoms with Gasteiger partial charge in [0.25, 0.3) is 0 Å². The van der Waals surface area contributed by atoms with Gasteiger partial charge in [-0.1, -0.05) is 32.9 Å². The van der Waals surface area contributed by atoms with E-state index in [4.69, 9.17) is 19.7 Å². The molecule has 0 amide bonds. The van der Waals surface area contributed by atoms with Gasteiger partial charge in [-0.05, 0) is 33.1 Å². The van der Waals surface area contributed by atoms with E-state index in [1.165, 1.54) is 13.8 Å². The molecule has 0 heterocycles. The zero-order valence-corrected chi connectivity index (χ0v) is 17.0. The van der Waals surface area contributed by atoms with Crippen molar-refractivity contribution in [1.29, 1.82) is 0 Å². The van der Waals surface area contributed by atoms with Crippen molar-refractivity contribution in [3.63, 3.8) is 0 Å². The van der Waals surface area contributed by atoms with Crippen LogP contribution in [0.4, 0.5) is 0 Å². The quantitative estimate of drug-likeness (QED) is 0.252. The molecular formula is C20H36O7. The third kappa shape index (κ3) is 14.1. The van der Waals surface area contributed by atoms with E-state index in [0.717, 1.165) is 25.7 Å². The maximum atomic E-state index is 11.3. The molecule has 7 nitrogen and oxygen atoms in total. The highest BCUT2D eigenvalue weighted by molar-refractivity contribution is 5.87. The van der Waals surface area contributed by atoms with Crippen LogP contribution in [0.5, 0.6) is 0 Å².